The average molecular weight is 794 g/mol. The Morgan fingerprint density at radius 1 is 0.339 bits per heavy atom. The number of benzene rings is 9. The van der Waals surface area contributed by atoms with Gasteiger partial charge in [-0.05, 0) is 54.6 Å². The molecule has 0 atom stereocenters. The summed E-state index contributed by atoms with van der Waals surface area (Å²) in [5, 5.41) is 16.5. The monoisotopic (exact) mass is 793 g/mol. The molecule has 0 aliphatic carbocycles. The van der Waals surface area contributed by atoms with Gasteiger partial charge in [0.15, 0.2) is 11.6 Å². The van der Waals surface area contributed by atoms with Crippen LogP contribution in [0.5, 0.6) is 0 Å². The molecule has 0 bridgehead atoms. The van der Waals surface area contributed by atoms with Crippen LogP contribution >= 0.6 is 0 Å². The Hall–Kier alpha value is -8.48. The van der Waals surface area contributed by atoms with Crippen LogP contribution in [-0.2, 0) is 0 Å². The number of hydrogen-bond donors (Lipinski definition) is 0. The van der Waals surface area contributed by atoms with Gasteiger partial charge in [-0.15, -0.1) is 10.2 Å². The minimum Gasteiger partial charge on any atom is -0.455 e. The van der Waals surface area contributed by atoms with Crippen molar-refractivity contribution in [2.45, 2.75) is 0 Å². The number of hydrogen-bond acceptors (Lipinski definition) is 3. The SMILES string of the molecule is c1ccc(-c2nnc(-c3ccccc3)n2-c2ccc3c4ccccc4n(-c4ccccc4-c4ccccc4-n4c5ccccc5c5c6oc7ccccc7c6ccc54)c3c2)cc1. The number of para-hydroxylation sites is 5. The third-order valence-electron chi connectivity index (χ3n) is 12.4. The minimum atomic E-state index is 0.784. The zero-order valence-electron chi connectivity index (χ0n) is 33.4. The van der Waals surface area contributed by atoms with E-state index in [0.29, 0.717) is 0 Å². The predicted molar refractivity (Wildman–Crippen MR) is 254 cm³/mol. The van der Waals surface area contributed by atoms with Crippen LogP contribution in [0, 0.1) is 0 Å². The summed E-state index contributed by atoms with van der Waals surface area (Å²) in [4.78, 5) is 0. The molecule has 13 aromatic rings. The van der Waals surface area contributed by atoms with Gasteiger partial charge < -0.3 is 13.6 Å². The smallest absolute Gasteiger partial charge is 0.168 e. The maximum Gasteiger partial charge on any atom is 0.168 e. The highest BCUT2D eigenvalue weighted by atomic mass is 16.3. The molecule has 0 unspecified atom stereocenters. The molecule has 0 spiro atoms. The van der Waals surface area contributed by atoms with Gasteiger partial charge in [0.05, 0.1) is 44.5 Å². The number of rotatable bonds is 6. The zero-order chi connectivity index (χ0) is 40.7. The van der Waals surface area contributed by atoms with Gasteiger partial charge in [0, 0.05) is 49.2 Å². The van der Waals surface area contributed by atoms with E-state index in [0.717, 1.165) is 106 Å². The third kappa shape index (κ3) is 5.04. The van der Waals surface area contributed by atoms with Gasteiger partial charge >= 0.3 is 0 Å². The molecule has 0 fully saturated rings. The normalized spacial score (nSPS) is 11.9. The number of aromatic nitrogens is 5. The van der Waals surface area contributed by atoms with E-state index in [1.165, 1.54) is 10.8 Å². The molecular weight excluding hydrogens is 759 g/mol. The third-order valence-corrected chi connectivity index (χ3v) is 12.4. The first-order valence-corrected chi connectivity index (χ1v) is 20.9. The number of fused-ring (bicyclic) bond motifs is 10. The van der Waals surface area contributed by atoms with Crippen LogP contribution in [-0.4, -0.2) is 23.9 Å². The Morgan fingerprint density at radius 2 is 0.839 bits per heavy atom. The molecule has 0 radical (unpaired) electrons. The second-order valence-electron chi connectivity index (χ2n) is 15.8. The molecule has 0 aliphatic heterocycles. The maximum atomic E-state index is 6.66. The maximum absolute atomic E-state index is 6.66. The van der Waals surface area contributed by atoms with Gasteiger partial charge in [0.2, 0.25) is 0 Å². The van der Waals surface area contributed by atoms with Crippen molar-refractivity contribution in [3.8, 4) is 51.0 Å². The Labute approximate surface area is 355 Å². The fourth-order valence-corrected chi connectivity index (χ4v) is 9.72. The summed E-state index contributed by atoms with van der Waals surface area (Å²) in [5.41, 5.74) is 13.6. The molecule has 4 heterocycles. The number of furan rings is 1. The Balaban J connectivity index is 1.06. The predicted octanol–water partition coefficient (Wildman–Crippen LogP) is 14.4. The van der Waals surface area contributed by atoms with Crippen molar-refractivity contribution in [1.82, 2.24) is 23.9 Å². The Bertz CT molecular complexity index is 3810. The summed E-state index contributed by atoms with van der Waals surface area (Å²) in [5.74, 6) is 1.57. The van der Waals surface area contributed by atoms with Gasteiger partial charge in [-0.25, -0.2) is 0 Å². The lowest BCUT2D eigenvalue weighted by Gasteiger charge is -2.18. The topological polar surface area (TPSA) is 53.7 Å². The molecule has 290 valence electrons. The standard InChI is InChI=1S/C56H35N5O/c1-3-17-36(18-4-1)55-57-58-56(37-19-5-2-6-20-37)59(55)38-31-32-42-41-23-9-14-28-48(41)61(51(42)35-38)47-27-13-8-22-40(47)39-21-7-12-26-46(39)60-49-29-15-10-25-45(49)53-50(60)34-33-44-43-24-11-16-30-52(43)62-54(44)53/h1-35H. The summed E-state index contributed by atoms with van der Waals surface area (Å²) in [6.45, 7) is 0. The van der Waals surface area contributed by atoms with Crippen molar-refractivity contribution in [2.75, 3.05) is 0 Å². The highest BCUT2D eigenvalue weighted by molar-refractivity contribution is 6.24. The summed E-state index contributed by atoms with van der Waals surface area (Å²) in [6, 6.07) is 75.1. The number of nitrogens with zero attached hydrogens (tertiary/aromatic N) is 5. The molecule has 9 aromatic carbocycles. The van der Waals surface area contributed by atoms with E-state index in [9.17, 15) is 0 Å². The van der Waals surface area contributed by atoms with Gasteiger partial charge in [0.25, 0.3) is 0 Å². The summed E-state index contributed by atoms with van der Waals surface area (Å²) < 4.78 is 13.7. The lowest BCUT2D eigenvalue weighted by atomic mass is 10.0. The zero-order valence-corrected chi connectivity index (χ0v) is 33.4. The molecule has 0 saturated carbocycles. The Kier molecular flexibility index (Phi) is 7.50. The van der Waals surface area contributed by atoms with Crippen molar-refractivity contribution in [1.29, 1.82) is 0 Å². The fraction of sp³-hybridized carbons (Fsp3) is 0. The van der Waals surface area contributed by atoms with Crippen LogP contribution in [0.2, 0.25) is 0 Å². The summed E-state index contributed by atoms with van der Waals surface area (Å²) >= 11 is 0. The summed E-state index contributed by atoms with van der Waals surface area (Å²) in [6.07, 6.45) is 0. The van der Waals surface area contributed by atoms with Crippen LogP contribution < -0.4 is 0 Å². The molecule has 0 saturated heterocycles. The van der Waals surface area contributed by atoms with Crippen molar-refractivity contribution >= 4 is 65.6 Å². The first-order chi connectivity index (χ1) is 30.8. The van der Waals surface area contributed by atoms with E-state index in [1.54, 1.807) is 0 Å². The largest absolute Gasteiger partial charge is 0.455 e. The van der Waals surface area contributed by atoms with Gasteiger partial charge in [-0.3, -0.25) is 4.57 Å². The molecule has 62 heavy (non-hydrogen) atoms. The quantitative estimate of drug-likeness (QED) is 0.168. The van der Waals surface area contributed by atoms with E-state index < -0.39 is 0 Å². The molecule has 6 heteroatoms. The van der Waals surface area contributed by atoms with E-state index in [4.69, 9.17) is 14.6 Å². The van der Waals surface area contributed by atoms with Crippen molar-refractivity contribution in [3.63, 3.8) is 0 Å². The van der Waals surface area contributed by atoms with E-state index in [1.807, 2.05) is 42.5 Å². The van der Waals surface area contributed by atoms with Crippen LogP contribution in [0.1, 0.15) is 0 Å². The van der Waals surface area contributed by atoms with Crippen LogP contribution in [0.25, 0.3) is 117 Å². The van der Waals surface area contributed by atoms with Gasteiger partial charge in [-0.2, -0.15) is 0 Å². The molecule has 6 nitrogen and oxygen atoms in total. The fourth-order valence-electron chi connectivity index (χ4n) is 9.72. The highest BCUT2D eigenvalue weighted by Crippen LogP contribution is 2.44. The van der Waals surface area contributed by atoms with E-state index >= 15 is 0 Å². The lowest BCUT2D eigenvalue weighted by molar-refractivity contribution is 0.673. The molecule has 4 aromatic heterocycles. The van der Waals surface area contributed by atoms with Crippen LogP contribution in [0.15, 0.2) is 217 Å². The molecule has 0 amide bonds. The second-order valence-corrected chi connectivity index (χ2v) is 15.8. The van der Waals surface area contributed by atoms with Crippen molar-refractivity contribution in [2.24, 2.45) is 0 Å². The first kappa shape index (κ1) is 34.4. The lowest BCUT2D eigenvalue weighted by Crippen LogP contribution is -2.03. The van der Waals surface area contributed by atoms with Gasteiger partial charge in [0.1, 0.15) is 11.2 Å². The van der Waals surface area contributed by atoms with Crippen molar-refractivity contribution < 1.29 is 4.42 Å². The van der Waals surface area contributed by atoms with E-state index in [-0.39, 0.29) is 0 Å². The summed E-state index contributed by atoms with van der Waals surface area (Å²) in [7, 11) is 0. The van der Waals surface area contributed by atoms with Crippen molar-refractivity contribution in [3.05, 3.63) is 212 Å². The van der Waals surface area contributed by atoms with Gasteiger partial charge in [-0.1, -0.05) is 158 Å². The highest BCUT2D eigenvalue weighted by Gasteiger charge is 2.24. The molecule has 0 N–H and O–H groups in total. The van der Waals surface area contributed by atoms with E-state index in [2.05, 4.69) is 184 Å². The first-order valence-electron chi connectivity index (χ1n) is 20.9. The minimum absolute atomic E-state index is 0.784. The second kappa shape index (κ2) is 13.5. The Morgan fingerprint density at radius 3 is 1.52 bits per heavy atom. The molecule has 0 aliphatic rings. The molecular formula is C56H35N5O. The molecule has 13 rings (SSSR count). The average Bonchev–Trinajstić information content (AvgIpc) is 4.11. The van der Waals surface area contributed by atoms with Crippen LogP contribution in [0.4, 0.5) is 0 Å². The van der Waals surface area contributed by atoms with Crippen LogP contribution in [0.3, 0.4) is 0 Å².